The number of nitrogens with one attached hydrogen (secondary N) is 1. The van der Waals surface area contributed by atoms with Gasteiger partial charge in [-0.05, 0) is 60.5 Å². The van der Waals surface area contributed by atoms with Gasteiger partial charge in [0.05, 0.1) is 30.4 Å². The summed E-state index contributed by atoms with van der Waals surface area (Å²) in [4.78, 5) is 35.0. The SMILES string of the molecule is CCCCOc1ccc(C(=O)Oc2ccc(/C=N/NC(=O)c3cccc([N+](=O)[O-])c3)cc2OC)cc1. The third kappa shape index (κ3) is 7.13. The average molecular weight is 492 g/mol. The Bertz CT molecular complexity index is 1260. The lowest BCUT2D eigenvalue weighted by Crippen LogP contribution is -2.17. The molecule has 0 unspecified atom stereocenters. The molecule has 0 aromatic heterocycles. The van der Waals surface area contributed by atoms with Crippen LogP contribution in [0.4, 0.5) is 5.69 Å². The molecule has 0 aliphatic heterocycles. The number of methoxy groups -OCH3 is 1. The highest BCUT2D eigenvalue weighted by Crippen LogP contribution is 2.28. The highest BCUT2D eigenvalue weighted by atomic mass is 16.6. The van der Waals surface area contributed by atoms with E-state index in [0.717, 1.165) is 18.9 Å². The summed E-state index contributed by atoms with van der Waals surface area (Å²) >= 11 is 0. The van der Waals surface area contributed by atoms with Crippen LogP contribution in [0.15, 0.2) is 71.8 Å². The number of nitro groups is 1. The monoisotopic (exact) mass is 491 g/mol. The Hall–Kier alpha value is -4.73. The van der Waals surface area contributed by atoms with Gasteiger partial charge in [-0.1, -0.05) is 19.4 Å². The third-order valence-corrected chi connectivity index (χ3v) is 4.95. The number of unbranched alkanes of at least 4 members (excludes halogenated alkanes) is 1. The van der Waals surface area contributed by atoms with Gasteiger partial charge < -0.3 is 14.2 Å². The molecule has 0 atom stereocenters. The van der Waals surface area contributed by atoms with Crippen LogP contribution in [-0.4, -0.2) is 36.7 Å². The molecule has 0 aliphatic carbocycles. The smallest absolute Gasteiger partial charge is 0.343 e. The molecule has 3 rings (SSSR count). The fourth-order valence-corrected chi connectivity index (χ4v) is 3.02. The number of amides is 1. The van der Waals surface area contributed by atoms with E-state index < -0.39 is 16.8 Å². The van der Waals surface area contributed by atoms with Gasteiger partial charge in [-0.15, -0.1) is 0 Å². The van der Waals surface area contributed by atoms with Crippen molar-refractivity contribution >= 4 is 23.8 Å². The van der Waals surface area contributed by atoms with Crippen LogP contribution >= 0.6 is 0 Å². The first-order chi connectivity index (χ1) is 17.4. The second-order valence-electron chi connectivity index (χ2n) is 7.53. The lowest BCUT2D eigenvalue weighted by atomic mass is 10.2. The van der Waals surface area contributed by atoms with E-state index in [1.54, 1.807) is 42.5 Å². The van der Waals surface area contributed by atoms with Crippen molar-refractivity contribution in [3.8, 4) is 17.2 Å². The van der Waals surface area contributed by atoms with Gasteiger partial charge in [0.25, 0.3) is 11.6 Å². The second-order valence-corrected chi connectivity index (χ2v) is 7.53. The molecule has 0 saturated carbocycles. The number of carbonyl (C=O) groups is 2. The van der Waals surface area contributed by atoms with Crippen LogP contribution < -0.4 is 19.6 Å². The molecule has 0 radical (unpaired) electrons. The van der Waals surface area contributed by atoms with Gasteiger partial charge in [-0.2, -0.15) is 5.10 Å². The highest BCUT2D eigenvalue weighted by molar-refractivity contribution is 5.95. The molecule has 186 valence electrons. The maximum atomic E-state index is 12.6. The van der Waals surface area contributed by atoms with Crippen LogP contribution in [0.5, 0.6) is 17.2 Å². The van der Waals surface area contributed by atoms with E-state index >= 15 is 0 Å². The summed E-state index contributed by atoms with van der Waals surface area (Å²) in [7, 11) is 1.43. The van der Waals surface area contributed by atoms with Crippen LogP contribution in [0.1, 0.15) is 46.0 Å². The minimum absolute atomic E-state index is 0.0988. The predicted molar refractivity (Wildman–Crippen MR) is 133 cm³/mol. The predicted octanol–water partition coefficient (Wildman–Crippen LogP) is 4.77. The van der Waals surface area contributed by atoms with Crippen LogP contribution in [0.25, 0.3) is 0 Å². The number of non-ortho nitro benzene ring substituents is 1. The topological polar surface area (TPSA) is 129 Å². The van der Waals surface area contributed by atoms with Gasteiger partial charge in [0, 0.05) is 17.7 Å². The second kappa shape index (κ2) is 12.7. The molecule has 1 amide bonds. The molecule has 36 heavy (non-hydrogen) atoms. The number of nitrogens with zero attached hydrogens (tertiary/aromatic N) is 2. The van der Waals surface area contributed by atoms with Crippen LogP contribution in [0.3, 0.4) is 0 Å². The van der Waals surface area contributed by atoms with E-state index in [1.165, 1.54) is 31.5 Å². The third-order valence-electron chi connectivity index (χ3n) is 4.95. The number of hydrogen-bond acceptors (Lipinski definition) is 8. The van der Waals surface area contributed by atoms with Crippen molar-refractivity contribution in [2.75, 3.05) is 13.7 Å². The van der Waals surface area contributed by atoms with Crippen molar-refractivity contribution in [1.29, 1.82) is 0 Å². The zero-order valence-electron chi connectivity index (χ0n) is 19.8. The summed E-state index contributed by atoms with van der Waals surface area (Å²) in [6.07, 6.45) is 3.35. The first-order valence-electron chi connectivity index (χ1n) is 11.1. The van der Waals surface area contributed by atoms with Crippen molar-refractivity contribution in [1.82, 2.24) is 5.43 Å². The average Bonchev–Trinajstić information content (AvgIpc) is 2.89. The normalized spacial score (nSPS) is 10.6. The highest BCUT2D eigenvalue weighted by Gasteiger charge is 2.14. The van der Waals surface area contributed by atoms with Gasteiger partial charge in [-0.3, -0.25) is 14.9 Å². The molecule has 0 bridgehead atoms. The Morgan fingerprint density at radius 3 is 2.50 bits per heavy atom. The van der Waals surface area contributed by atoms with Gasteiger partial charge in [0.15, 0.2) is 11.5 Å². The fourth-order valence-electron chi connectivity index (χ4n) is 3.02. The minimum Gasteiger partial charge on any atom is -0.494 e. The van der Waals surface area contributed by atoms with Gasteiger partial charge in [-0.25, -0.2) is 10.2 Å². The van der Waals surface area contributed by atoms with E-state index in [9.17, 15) is 19.7 Å². The molecular formula is C26H25N3O7. The molecule has 0 saturated heterocycles. The molecule has 10 nitrogen and oxygen atoms in total. The summed E-state index contributed by atoms with van der Waals surface area (Å²) in [5.74, 6) is 0.0208. The van der Waals surface area contributed by atoms with E-state index in [4.69, 9.17) is 14.2 Å². The van der Waals surface area contributed by atoms with Gasteiger partial charge >= 0.3 is 5.97 Å². The van der Waals surface area contributed by atoms with Crippen molar-refractivity contribution in [3.05, 3.63) is 93.5 Å². The lowest BCUT2D eigenvalue weighted by molar-refractivity contribution is -0.384. The van der Waals surface area contributed by atoms with Crippen molar-refractivity contribution in [2.24, 2.45) is 5.10 Å². The van der Waals surface area contributed by atoms with Crippen molar-refractivity contribution in [3.63, 3.8) is 0 Å². The first kappa shape index (κ1) is 25.9. The van der Waals surface area contributed by atoms with E-state index in [2.05, 4.69) is 17.5 Å². The van der Waals surface area contributed by atoms with Crippen molar-refractivity contribution in [2.45, 2.75) is 19.8 Å². The number of hydrogen-bond donors (Lipinski definition) is 1. The molecule has 3 aromatic carbocycles. The Morgan fingerprint density at radius 1 is 1.03 bits per heavy atom. The maximum Gasteiger partial charge on any atom is 0.343 e. The maximum absolute atomic E-state index is 12.6. The van der Waals surface area contributed by atoms with Crippen molar-refractivity contribution < 1.29 is 28.7 Å². The minimum atomic E-state index is -0.603. The summed E-state index contributed by atoms with van der Waals surface area (Å²) in [6, 6.07) is 16.7. The fraction of sp³-hybridized carbons (Fsp3) is 0.192. The standard InChI is InChI=1S/C26H25N3O7/c1-3-4-14-35-22-11-9-19(10-12-22)26(31)36-23-13-8-18(15-24(23)34-2)17-27-28-25(30)20-6-5-7-21(16-20)29(32)33/h5-13,15-17H,3-4,14H2,1-2H3,(H,28,30)/b27-17+. The number of benzene rings is 3. The molecule has 3 aromatic rings. The molecule has 1 N–H and O–H groups in total. The van der Waals surface area contributed by atoms with Crippen LogP contribution in [0, 0.1) is 10.1 Å². The lowest BCUT2D eigenvalue weighted by Gasteiger charge is -2.10. The molecule has 0 aliphatic rings. The summed E-state index contributed by atoms with van der Waals surface area (Å²) in [5, 5.41) is 14.7. The summed E-state index contributed by atoms with van der Waals surface area (Å²) < 4.78 is 16.4. The Balaban J connectivity index is 1.62. The Labute approximate surface area is 207 Å². The Morgan fingerprint density at radius 2 is 1.81 bits per heavy atom. The Kier molecular flexibility index (Phi) is 9.10. The quantitative estimate of drug-likeness (QED) is 0.102. The van der Waals surface area contributed by atoms with Crippen LogP contribution in [0.2, 0.25) is 0 Å². The number of carbonyl (C=O) groups excluding carboxylic acids is 2. The number of esters is 1. The molecule has 0 fully saturated rings. The molecule has 0 heterocycles. The first-order valence-corrected chi connectivity index (χ1v) is 11.1. The van der Waals surface area contributed by atoms with Crippen LogP contribution in [-0.2, 0) is 0 Å². The largest absolute Gasteiger partial charge is 0.494 e. The van der Waals surface area contributed by atoms with E-state index in [-0.39, 0.29) is 22.7 Å². The zero-order valence-corrected chi connectivity index (χ0v) is 19.8. The van der Waals surface area contributed by atoms with Gasteiger partial charge in [0.1, 0.15) is 5.75 Å². The molecule has 10 heteroatoms. The molecular weight excluding hydrogens is 466 g/mol. The van der Waals surface area contributed by atoms with Gasteiger partial charge in [0.2, 0.25) is 0 Å². The number of nitro benzene ring substituents is 1. The number of ether oxygens (including phenoxy) is 3. The molecule has 0 spiro atoms. The van der Waals surface area contributed by atoms with E-state index in [0.29, 0.717) is 23.5 Å². The number of hydrazone groups is 1. The number of rotatable bonds is 11. The summed E-state index contributed by atoms with van der Waals surface area (Å²) in [5.41, 5.74) is 3.12. The zero-order chi connectivity index (χ0) is 25.9. The summed E-state index contributed by atoms with van der Waals surface area (Å²) in [6.45, 7) is 2.70. The van der Waals surface area contributed by atoms with E-state index in [1.807, 2.05) is 0 Å².